The lowest BCUT2D eigenvalue weighted by molar-refractivity contribution is -0.135. The third-order valence-electron chi connectivity index (χ3n) is 4.89. The predicted octanol–water partition coefficient (Wildman–Crippen LogP) is 2.66. The van der Waals surface area contributed by atoms with Crippen molar-refractivity contribution in [3.8, 4) is 0 Å². The highest BCUT2D eigenvalue weighted by atomic mass is 16.5. The number of amides is 3. The number of nitrogens with one attached hydrogen (secondary N) is 2. The highest BCUT2D eigenvalue weighted by molar-refractivity contribution is 6.00. The molecule has 2 aromatic carbocycles. The Balaban J connectivity index is 1.45. The van der Waals surface area contributed by atoms with E-state index in [0.29, 0.717) is 32.0 Å². The number of carbonyl (C=O) groups excluding carboxylic acids is 2. The van der Waals surface area contributed by atoms with Crippen molar-refractivity contribution >= 4 is 34.7 Å². The van der Waals surface area contributed by atoms with E-state index in [1.807, 2.05) is 58.1 Å². The number of anilines is 1. The van der Waals surface area contributed by atoms with Gasteiger partial charge in [-0.05, 0) is 18.2 Å². The summed E-state index contributed by atoms with van der Waals surface area (Å²) in [5.41, 5.74) is 4.91. The molecule has 1 aliphatic heterocycles. The Morgan fingerprint density at radius 3 is 2.57 bits per heavy atom. The third kappa shape index (κ3) is 4.66. The molecule has 0 unspecified atom stereocenters. The number of carbonyl (C=O) groups is 2. The predicted molar refractivity (Wildman–Crippen MR) is 116 cm³/mol. The van der Waals surface area contributed by atoms with Crippen LogP contribution in [-0.2, 0) is 16.1 Å². The van der Waals surface area contributed by atoms with Gasteiger partial charge in [0.2, 0.25) is 5.91 Å². The molecule has 154 valence electrons. The number of urea groups is 1. The van der Waals surface area contributed by atoms with Crippen molar-refractivity contribution in [2.24, 2.45) is 5.10 Å². The van der Waals surface area contributed by atoms with Gasteiger partial charge in [-0.2, -0.15) is 5.10 Å². The molecule has 0 bridgehead atoms. The fourth-order valence-corrected chi connectivity index (χ4v) is 3.41. The number of hydrazone groups is 1. The number of morpholine rings is 1. The minimum absolute atomic E-state index is 0.0582. The van der Waals surface area contributed by atoms with Crippen LogP contribution >= 0.6 is 0 Å². The highest BCUT2D eigenvalue weighted by Gasteiger charge is 2.18. The first-order valence-electron chi connectivity index (χ1n) is 9.79. The molecule has 1 aromatic heterocycles. The number of hydrogen-bond donors (Lipinski definition) is 2. The Labute approximate surface area is 174 Å². The van der Waals surface area contributed by atoms with Gasteiger partial charge < -0.3 is 19.5 Å². The van der Waals surface area contributed by atoms with E-state index in [0.717, 1.165) is 16.5 Å². The van der Waals surface area contributed by atoms with Gasteiger partial charge in [0.15, 0.2) is 0 Å². The lowest BCUT2D eigenvalue weighted by Crippen LogP contribution is -2.42. The molecule has 0 spiro atoms. The van der Waals surface area contributed by atoms with Crippen LogP contribution in [0.4, 0.5) is 10.5 Å². The van der Waals surface area contributed by atoms with Crippen LogP contribution in [0.25, 0.3) is 10.9 Å². The maximum absolute atomic E-state index is 12.6. The van der Waals surface area contributed by atoms with E-state index in [-0.39, 0.29) is 12.5 Å². The molecule has 3 amide bonds. The van der Waals surface area contributed by atoms with Crippen LogP contribution in [0.3, 0.4) is 0 Å². The van der Waals surface area contributed by atoms with Crippen LogP contribution in [-0.4, -0.2) is 53.9 Å². The zero-order valence-electron chi connectivity index (χ0n) is 16.5. The number of hydrogen-bond acceptors (Lipinski definition) is 4. The molecule has 0 atom stereocenters. The molecule has 2 heterocycles. The Morgan fingerprint density at radius 1 is 1.03 bits per heavy atom. The van der Waals surface area contributed by atoms with Crippen LogP contribution in [0, 0.1) is 0 Å². The molecule has 2 N–H and O–H groups in total. The summed E-state index contributed by atoms with van der Waals surface area (Å²) in [6.45, 7) is 2.63. The Kier molecular flexibility index (Phi) is 6.05. The first kappa shape index (κ1) is 19.7. The van der Waals surface area contributed by atoms with Gasteiger partial charge in [-0.15, -0.1) is 0 Å². The second-order valence-electron chi connectivity index (χ2n) is 6.91. The summed E-state index contributed by atoms with van der Waals surface area (Å²) >= 11 is 0. The van der Waals surface area contributed by atoms with Crippen molar-refractivity contribution in [1.29, 1.82) is 0 Å². The molecule has 1 aliphatic rings. The van der Waals surface area contributed by atoms with Gasteiger partial charge in [0.25, 0.3) is 0 Å². The topological polar surface area (TPSA) is 88.0 Å². The summed E-state index contributed by atoms with van der Waals surface area (Å²) in [6, 6.07) is 16.5. The summed E-state index contributed by atoms with van der Waals surface area (Å²) in [5, 5.41) is 7.72. The number of ether oxygens (including phenoxy) is 1. The zero-order valence-corrected chi connectivity index (χ0v) is 16.5. The number of aromatic nitrogens is 1. The minimum atomic E-state index is -0.427. The van der Waals surface area contributed by atoms with Gasteiger partial charge in [0.1, 0.15) is 6.54 Å². The molecule has 8 nitrogen and oxygen atoms in total. The van der Waals surface area contributed by atoms with Crippen LogP contribution < -0.4 is 10.7 Å². The molecule has 1 saturated heterocycles. The quantitative estimate of drug-likeness (QED) is 0.505. The van der Waals surface area contributed by atoms with Gasteiger partial charge in [0, 0.05) is 41.4 Å². The van der Waals surface area contributed by atoms with Gasteiger partial charge in [0.05, 0.1) is 19.4 Å². The second kappa shape index (κ2) is 9.23. The van der Waals surface area contributed by atoms with Crippen LogP contribution in [0.1, 0.15) is 5.56 Å². The molecule has 3 aromatic rings. The first-order valence-corrected chi connectivity index (χ1v) is 9.79. The van der Waals surface area contributed by atoms with Crippen LogP contribution in [0.2, 0.25) is 0 Å². The molecule has 0 aliphatic carbocycles. The summed E-state index contributed by atoms with van der Waals surface area (Å²) in [4.78, 5) is 26.5. The number of fused-ring (bicyclic) bond motifs is 1. The van der Waals surface area contributed by atoms with Crippen LogP contribution in [0.5, 0.6) is 0 Å². The van der Waals surface area contributed by atoms with E-state index < -0.39 is 6.03 Å². The largest absolute Gasteiger partial charge is 0.378 e. The van der Waals surface area contributed by atoms with E-state index in [1.165, 1.54) is 0 Å². The maximum Gasteiger partial charge on any atom is 0.339 e. The van der Waals surface area contributed by atoms with Gasteiger partial charge >= 0.3 is 6.03 Å². The summed E-state index contributed by atoms with van der Waals surface area (Å²) in [5.74, 6) is 0.0582. The number of benzene rings is 2. The summed E-state index contributed by atoms with van der Waals surface area (Å²) in [7, 11) is 0. The molecule has 8 heteroatoms. The van der Waals surface area contributed by atoms with E-state index in [9.17, 15) is 9.59 Å². The Morgan fingerprint density at radius 2 is 1.77 bits per heavy atom. The van der Waals surface area contributed by atoms with Crippen molar-refractivity contribution in [3.63, 3.8) is 0 Å². The maximum atomic E-state index is 12.6. The molecule has 0 saturated carbocycles. The fraction of sp³-hybridized carbons (Fsp3) is 0.227. The smallest absolute Gasteiger partial charge is 0.339 e. The molecule has 1 fully saturated rings. The Hall–Kier alpha value is -3.65. The molecule has 0 radical (unpaired) electrons. The van der Waals surface area contributed by atoms with Gasteiger partial charge in [-0.1, -0.05) is 36.4 Å². The molecular formula is C22H23N5O3. The minimum Gasteiger partial charge on any atom is -0.378 e. The average Bonchev–Trinajstić information content (AvgIpc) is 3.12. The van der Waals surface area contributed by atoms with E-state index in [1.54, 1.807) is 18.3 Å². The molecular weight excluding hydrogens is 382 g/mol. The first-order chi connectivity index (χ1) is 14.7. The summed E-state index contributed by atoms with van der Waals surface area (Å²) in [6.07, 6.45) is 3.46. The van der Waals surface area contributed by atoms with Crippen molar-refractivity contribution in [2.45, 2.75) is 6.54 Å². The zero-order chi connectivity index (χ0) is 20.8. The van der Waals surface area contributed by atoms with E-state index >= 15 is 0 Å². The van der Waals surface area contributed by atoms with E-state index in [2.05, 4.69) is 15.8 Å². The summed E-state index contributed by atoms with van der Waals surface area (Å²) < 4.78 is 7.23. The monoisotopic (exact) mass is 405 g/mol. The average molecular weight is 405 g/mol. The van der Waals surface area contributed by atoms with Crippen molar-refractivity contribution < 1.29 is 14.3 Å². The number of nitrogens with zero attached hydrogens (tertiary/aromatic N) is 3. The normalized spacial score (nSPS) is 14.2. The van der Waals surface area contributed by atoms with Gasteiger partial charge in [-0.25, -0.2) is 10.2 Å². The van der Waals surface area contributed by atoms with Crippen molar-refractivity contribution in [3.05, 3.63) is 66.4 Å². The van der Waals surface area contributed by atoms with E-state index in [4.69, 9.17) is 4.74 Å². The molecule has 30 heavy (non-hydrogen) atoms. The Bertz CT molecular complexity index is 1060. The van der Waals surface area contributed by atoms with Gasteiger partial charge in [-0.3, -0.25) is 4.79 Å². The third-order valence-corrected chi connectivity index (χ3v) is 4.89. The lowest BCUT2D eigenvalue weighted by Gasteiger charge is -2.27. The second-order valence-corrected chi connectivity index (χ2v) is 6.91. The SMILES string of the molecule is O=C(N/N=C/c1cn(CC(=O)N2CCOCC2)c2ccccc12)Nc1ccccc1. The highest BCUT2D eigenvalue weighted by Crippen LogP contribution is 2.20. The van der Waals surface area contributed by atoms with Crippen molar-refractivity contribution in [1.82, 2.24) is 14.9 Å². The number of para-hydroxylation sites is 2. The standard InChI is InChI=1S/C22H23N5O3/c28-21(26-10-12-30-13-11-26)16-27-15-17(19-8-4-5-9-20(19)27)14-23-25-22(29)24-18-6-2-1-3-7-18/h1-9,14-15H,10-13,16H2,(H2,24,25,29)/b23-14+. The van der Waals surface area contributed by atoms with Crippen LogP contribution in [0.15, 0.2) is 65.9 Å². The number of rotatable bonds is 5. The fourth-order valence-electron chi connectivity index (χ4n) is 3.41. The lowest BCUT2D eigenvalue weighted by atomic mass is 10.2. The van der Waals surface area contributed by atoms with Crippen molar-refractivity contribution in [2.75, 3.05) is 31.6 Å². The molecule has 4 rings (SSSR count).